The molecule has 0 unspecified atom stereocenters. The van der Waals surface area contributed by atoms with Gasteiger partial charge >= 0.3 is 0 Å². The second-order valence-corrected chi connectivity index (χ2v) is 14.5. The van der Waals surface area contributed by atoms with Crippen LogP contribution in [0.2, 0.25) is 5.02 Å². The Morgan fingerprint density at radius 1 is 1.14 bits per heavy atom. The number of amidine groups is 1. The van der Waals surface area contributed by atoms with Gasteiger partial charge in [-0.1, -0.05) is 67.9 Å². The fourth-order valence-corrected chi connectivity index (χ4v) is 8.01. The molecule has 1 saturated heterocycles. The third-order valence-corrected chi connectivity index (χ3v) is 10.2. The predicted molar refractivity (Wildman–Crippen MR) is 173 cm³/mol. The van der Waals surface area contributed by atoms with Crippen LogP contribution in [0.1, 0.15) is 31.4 Å². The summed E-state index contributed by atoms with van der Waals surface area (Å²) in [5, 5.41) is 0.177. The number of hydrogen-bond acceptors (Lipinski definition) is 9. The number of halogens is 1. The van der Waals surface area contributed by atoms with E-state index in [1.807, 2.05) is 30.9 Å². The second kappa shape index (κ2) is 11.9. The molecule has 1 atom stereocenters. The number of para-hydroxylation sites is 1. The third-order valence-electron chi connectivity index (χ3n) is 7.50. The first-order valence-electron chi connectivity index (χ1n) is 13.8. The Bertz CT molecular complexity index is 1730. The smallest absolute Gasteiger partial charge is 0.246 e. The number of anilines is 2. The number of piperazine rings is 1. The number of sulfone groups is 1. The molecule has 1 fully saturated rings. The van der Waals surface area contributed by atoms with E-state index in [9.17, 15) is 22.3 Å². The van der Waals surface area contributed by atoms with E-state index < -0.39 is 20.8 Å². The molecule has 5 rings (SSSR count). The number of aromatic nitrogens is 1. The first-order valence-corrected chi connectivity index (χ1v) is 17.5. The van der Waals surface area contributed by atoms with Crippen LogP contribution in [0.5, 0.6) is 0 Å². The summed E-state index contributed by atoms with van der Waals surface area (Å²) >= 11 is 6.86. The van der Waals surface area contributed by atoms with Gasteiger partial charge in [-0.25, -0.2) is 17.7 Å². The van der Waals surface area contributed by atoms with Crippen molar-refractivity contribution < 1.29 is 22.3 Å². The molecule has 2 aliphatic rings. The normalized spacial score (nSPS) is 19.0. The SMILES string of the molecule is C=CC(=O)N1CCN(C2=NS(O)(O)N(c3ccccc3CCC)c3nc(-c4ccccc4S(C)(=O)=O)c(Cl)cc32)[C@@H](C)C1. The fraction of sp³-hybridized carbons (Fsp3) is 0.300. The molecule has 43 heavy (non-hydrogen) atoms. The van der Waals surface area contributed by atoms with Crippen molar-refractivity contribution in [1.82, 2.24) is 14.8 Å². The van der Waals surface area contributed by atoms with Crippen LogP contribution in [0, 0.1) is 0 Å². The number of fused-ring (bicyclic) bond motifs is 1. The van der Waals surface area contributed by atoms with Crippen molar-refractivity contribution in [1.29, 1.82) is 0 Å². The van der Waals surface area contributed by atoms with Crippen LogP contribution in [0.4, 0.5) is 11.5 Å². The van der Waals surface area contributed by atoms with Gasteiger partial charge in [0, 0.05) is 37.5 Å². The van der Waals surface area contributed by atoms with E-state index in [0.717, 1.165) is 18.2 Å². The molecular weight excluding hydrogens is 610 g/mol. The number of carbonyl (C=O) groups is 1. The summed E-state index contributed by atoms with van der Waals surface area (Å²) in [6.07, 6.45) is 3.88. The number of carbonyl (C=O) groups excluding carboxylic acids is 1. The standard InChI is InChI=1S/C30H34ClN5O5S2/c1-5-11-21-12-7-9-14-25(21)36-29-23(18-24(31)28(32-29)22-13-8-10-15-26(22)42(4,38)39)30(33-43(36,40)41)35-17-16-34(19-20(35)3)27(37)6-2/h6-10,12-15,18,20,40-41H,2,5,11,16-17,19H2,1,3-4H3/t20-/m0/s1. The van der Waals surface area contributed by atoms with Gasteiger partial charge in [0.25, 0.3) is 0 Å². The van der Waals surface area contributed by atoms with Crippen molar-refractivity contribution in [2.45, 2.75) is 37.6 Å². The summed E-state index contributed by atoms with van der Waals surface area (Å²) < 4.78 is 54.7. The second-order valence-electron chi connectivity index (χ2n) is 10.6. The van der Waals surface area contributed by atoms with Crippen LogP contribution < -0.4 is 4.31 Å². The maximum absolute atomic E-state index is 12.7. The molecule has 228 valence electrons. The first-order chi connectivity index (χ1) is 20.4. The lowest BCUT2D eigenvalue weighted by atomic mass is 10.1. The van der Waals surface area contributed by atoms with Gasteiger partial charge < -0.3 is 9.80 Å². The van der Waals surface area contributed by atoms with Gasteiger partial charge in [-0.3, -0.25) is 13.9 Å². The number of nitrogens with zero attached hydrogens (tertiary/aromatic N) is 5. The largest absolute Gasteiger partial charge is 0.348 e. The van der Waals surface area contributed by atoms with E-state index in [0.29, 0.717) is 42.9 Å². The average molecular weight is 644 g/mol. The van der Waals surface area contributed by atoms with Crippen molar-refractivity contribution in [3.63, 3.8) is 0 Å². The van der Waals surface area contributed by atoms with E-state index >= 15 is 0 Å². The molecule has 0 aliphatic carbocycles. The van der Waals surface area contributed by atoms with Gasteiger partial charge in [-0.05, 0) is 54.1 Å². The molecule has 0 radical (unpaired) electrons. The van der Waals surface area contributed by atoms with Crippen LogP contribution in [-0.2, 0) is 21.1 Å². The minimum atomic E-state index is -3.88. The van der Waals surface area contributed by atoms with Gasteiger partial charge in [0.05, 0.1) is 26.9 Å². The highest BCUT2D eigenvalue weighted by Gasteiger charge is 2.41. The highest BCUT2D eigenvalue weighted by atomic mass is 35.5. The molecule has 3 aromatic rings. The quantitative estimate of drug-likeness (QED) is 0.315. The molecule has 2 aromatic carbocycles. The molecule has 0 saturated carbocycles. The minimum absolute atomic E-state index is 0.0511. The highest BCUT2D eigenvalue weighted by Crippen LogP contribution is 2.57. The number of hydrogen-bond donors (Lipinski definition) is 2. The average Bonchev–Trinajstić information content (AvgIpc) is 2.96. The monoisotopic (exact) mass is 643 g/mol. The van der Waals surface area contributed by atoms with E-state index in [2.05, 4.69) is 11.0 Å². The first kappa shape index (κ1) is 31.0. The molecule has 2 aliphatic heterocycles. The topological polar surface area (TPSA) is 127 Å². The van der Waals surface area contributed by atoms with Crippen molar-refractivity contribution in [2.75, 3.05) is 30.2 Å². The summed E-state index contributed by atoms with van der Waals surface area (Å²) in [5.74, 6) is 0.294. The Morgan fingerprint density at radius 2 is 1.84 bits per heavy atom. The summed E-state index contributed by atoms with van der Waals surface area (Å²) in [7, 11) is -7.53. The van der Waals surface area contributed by atoms with Crippen LogP contribution in [0.25, 0.3) is 11.3 Å². The maximum Gasteiger partial charge on any atom is 0.246 e. The maximum atomic E-state index is 12.7. The van der Waals surface area contributed by atoms with E-state index in [1.165, 1.54) is 16.4 Å². The summed E-state index contributed by atoms with van der Waals surface area (Å²) in [4.78, 5) is 20.8. The number of benzene rings is 2. The van der Waals surface area contributed by atoms with Gasteiger partial charge in [-0.15, -0.1) is 4.40 Å². The molecular formula is C30H34ClN5O5S2. The molecule has 13 heteroatoms. The van der Waals surface area contributed by atoms with Gasteiger partial charge in [0.15, 0.2) is 21.5 Å². The van der Waals surface area contributed by atoms with Gasteiger partial charge in [-0.2, -0.15) is 0 Å². The highest BCUT2D eigenvalue weighted by molar-refractivity contribution is 8.24. The molecule has 10 nitrogen and oxygen atoms in total. The summed E-state index contributed by atoms with van der Waals surface area (Å²) in [5.41, 5.74) is 2.34. The Kier molecular flexibility index (Phi) is 8.61. The van der Waals surface area contributed by atoms with Crippen LogP contribution in [-0.4, -0.2) is 76.0 Å². The number of rotatable bonds is 6. The zero-order valence-electron chi connectivity index (χ0n) is 24.1. The summed E-state index contributed by atoms with van der Waals surface area (Å²) in [6.45, 7) is 8.67. The lowest BCUT2D eigenvalue weighted by Gasteiger charge is -2.48. The van der Waals surface area contributed by atoms with Gasteiger partial charge in [0.1, 0.15) is 0 Å². The predicted octanol–water partition coefficient (Wildman–Crippen LogP) is 5.96. The number of aryl methyl sites for hydroxylation is 1. The van der Waals surface area contributed by atoms with Crippen molar-refractivity contribution in [2.24, 2.45) is 4.40 Å². The molecule has 0 bridgehead atoms. The Morgan fingerprint density at radius 3 is 2.51 bits per heavy atom. The Hall–Kier alpha value is -3.42. The molecule has 1 amide bonds. The van der Waals surface area contributed by atoms with E-state index in [-0.39, 0.29) is 39.2 Å². The summed E-state index contributed by atoms with van der Waals surface area (Å²) in [6, 6.07) is 15.2. The zero-order chi connectivity index (χ0) is 31.1. The molecule has 3 heterocycles. The Balaban J connectivity index is 1.74. The van der Waals surface area contributed by atoms with E-state index in [1.54, 1.807) is 41.3 Å². The lowest BCUT2D eigenvalue weighted by molar-refractivity contribution is -0.128. The van der Waals surface area contributed by atoms with Crippen LogP contribution >= 0.6 is 22.6 Å². The zero-order valence-corrected chi connectivity index (χ0v) is 26.5. The van der Waals surface area contributed by atoms with Crippen LogP contribution in [0.3, 0.4) is 0 Å². The van der Waals surface area contributed by atoms with Crippen molar-refractivity contribution >= 4 is 55.6 Å². The lowest BCUT2D eigenvalue weighted by Crippen LogP contribution is -2.56. The minimum Gasteiger partial charge on any atom is -0.348 e. The van der Waals surface area contributed by atoms with Crippen molar-refractivity contribution in [3.05, 3.63) is 83.4 Å². The molecule has 0 spiro atoms. The number of amides is 1. The van der Waals surface area contributed by atoms with Gasteiger partial charge in [0.2, 0.25) is 5.91 Å². The fourth-order valence-electron chi connectivity index (χ4n) is 5.54. The number of pyridine rings is 1. The van der Waals surface area contributed by atoms with Crippen molar-refractivity contribution in [3.8, 4) is 11.3 Å². The van der Waals surface area contributed by atoms with Crippen LogP contribution in [0.15, 0.2) is 76.5 Å². The van der Waals surface area contributed by atoms with E-state index in [4.69, 9.17) is 16.6 Å². The molecule has 1 aromatic heterocycles. The Labute approximate surface area is 258 Å². The third kappa shape index (κ3) is 5.89. The molecule has 2 N–H and O–H groups in total.